The van der Waals surface area contributed by atoms with Gasteiger partial charge in [0, 0.05) is 19.1 Å². The van der Waals surface area contributed by atoms with Gasteiger partial charge in [0.15, 0.2) is 0 Å². The van der Waals surface area contributed by atoms with Gasteiger partial charge in [-0.05, 0) is 50.6 Å². The normalized spacial score (nSPS) is 24.2. The van der Waals surface area contributed by atoms with Crippen molar-refractivity contribution in [2.45, 2.75) is 36.6 Å². The molecule has 1 unspecified atom stereocenters. The maximum absolute atomic E-state index is 12.7. The van der Waals surface area contributed by atoms with Gasteiger partial charge in [0.25, 0.3) is 0 Å². The molecular formula is C16H21N3O2S. The van der Waals surface area contributed by atoms with Gasteiger partial charge < -0.3 is 0 Å². The number of benzene rings is 1. The molecule has 0 saturated carbocycles. The number of piperidine rings is 1. The van der Waals surface area contributed by atoms with Crippen molar-refractivity contribution in [3.05, 3.63) is 29.8 Å². The van der Waals surface area contributed by atoms with Crippen LogP contribution in [0.5, 0.6) is 0 Å². The first kappa shape index (κ1) is 15.5. The summed E-state index contributed by atoms with van der Waals surface area (Å²) in [6.45, 7) is 3.31. The molecule has 6 heteroatoms. The second-order valence-electron chi connectivity index (χ2n) is 6.04. The fourth-order valence-electron chi connectivity index (χ4n) is 3.39. The molecule has 1 aromatic carbocycles. The number of likely N-dealkylation sites (tertiary alicyclic amines) is 1. The SMILES string of the molecule is N#Cc1cccc(S(=O)(=O)N2CCC(N3CCCCC3)C2)c1. The summed E-state index contributed by atoms with van der Waals surface area (Å²) in [6.07, 6.45) is 4.62. The second kappa shape index (κ2) is 6.37. The molecule has 5 nitrogen and oxygen atoms in total. The molecule has 2 heterocycles. The van der Waals surface area contributed by atoms with Crippen molar-refractivity contribution < 1.29 is 8.42 Å². The molecule has 0 N–H and O–H groups in total. The predicted molar refractivity (Wildman–Crippen MR) is 83.7 cm³/mol. The molecule has 0 radical (unpaired) electrons. The smallest absolute Gasteiger partial charge is 0.243 e. The Balaban J connectivity index is 1.74. The van der Waals surface area contributed by atoms with E-state index in [0.717, 1.165) is 19.5 Å². The van der Waals surface area contributed by atoms with Crippen molar-refractivity contribution in [1.29, 1.82) is 5.26 Å². The zero-order chi connectivity index (χ0) is 15.6. The van der Waals surface area contributed by atoms with Crippen LogP contribution >= 0.6 is 0 Å². The molecule has 0 amide bonds. The summed E-state index contributed by atoms with van der Waals surface area (Å²) in [6, 6.07) is 8.63. The standard InChI is InChI=1S/C16H21N3O2S/c17-12-14-5-4-6-16(11-14)22(20,21)19-10-7-15(13-19)18-8-2-1-3-9-18/h4-6,11,15H,1-3,7-10,13H2. The molecule has 0 spiro atoms. The molecule has 3 rings (SSSR count). The van der Waals surface area contributed by atoms with Crippen LogP contribution in [-0.2, 0) is 10.0 Å². The monoisotopic (exact) mass is 319 g/mol. The van der Waals surface area contributed by atoms with E-state index in [9.17, 15) is 8.42 Å². The topological polar surface area (TPSA) is 64.4 Å². The molecule has 2 fully saturated rings. The van der Waals surface area contributed by atoms with Gasteiger partial charge in [-0.1, -0.05) is 12.5 Å². The number of rotatable bonds is 3. The van der Waals surface area contributed by atoms with E-state index >= 15 is 0 Å². The lowest BCUT2D eigenvalue weighted by atomic mass is 10.1. The highest BCUT2D eigenvalue weighted by molar-refractivity contribution is 7.89. The summed E-state index contributed by atoms with van der Waals surface area (Å²) < 4.78 is 27.0. The molecule has 2 saturated heterocycles. The summed E-state index contributed by atoms with van der Waals surface area (Å²) in [5, 5.41) is 8.94. The predicted octanol–water partition coefficient (Wildman–Crippen LogP) is 1.81. The third-order valence-electron chi connectivity index (χ3n) is 4.63. The third kappa shape index (κ3) is 3.02. The molecular weight excluding hydrogens is 298 g/mol. The highest BCUT2D eigenvalue weighted by Crippen LogP contribution is 2.25. The van der Waals surface area contributed by atoms with Crippen LogP contribution in [0.15, 0.2) is 29.2 Å². The maximum Gasteiger partial charge on any atom is 0.243 e. The van der Waals surface area contributed by atoms with Crippen LogP contribution in [-0.4, -0.2) is 49.8 Å². The number of hydrogen-bond donors (Lipinski definition) is 0. The molecule has 1 atom stereocenters. The lowest BCUT2D eigenvalue weighted by Gasteiger charge is -2.32. The largest absolute Gasteiger partial charge is 0.299 e. The van der Waals surface area contributed by atoms with E-state index in [-0.39, 0.29) is 4.90 Å². The van der Waals surface area contributed by atoms with Gasteiger partial charge in [0.05, 0.1) is 16.5 Å². The van der Waals surface area contributed by atoms with Crippen molar-refractivity contribution in [3.63, 3.8) is 0 Å². The van der Waals surface area contributed by atoms with E-state index in [1.807, 2.05) is 6.07 Å². The minimum atomic E-state index is -3.49. The quantitative estimate of drug-likeness (QED) is 0.852. The molecule has 118 valence electrons. The van der Waals surface area contributed by atoms with Crippen LogP contribution < -0.4 is 0 Å². The zero-order valence-corrected chi connectivity index (χ0v) is 13.4. The van der Waals surface area contributed by atoms with Crippen LogP contribution in [0, 0.1) is 11.3 Å². The van der Waals surface area contributed by atoms with Crippen LogP contribution in [0.25, 0.3) is 0 Å². The summed E-state index contributed by atoms with van der Waals surface area (Å²) >= 11 is 0. The van der Waals surface area contributed by atoms with E-state index < -0.39 is 10.0 Å². The van der Waals surface area contributed by atoms with E-state index in [1.54, 1.807) is 22.5 Å². The molecule has 2 aliphatic heterocycles. The van der Waals surface area contributed by atoms with Crippen LogP contribution in [0.3, 0.4) is 0 Å². The Morgan fingerprint density at radius 1 is 1.14 bits per heavy atom. The third-order valence-corrected chi connectivity index (χ3v) is 6.50. The van der Waals surface area contributed by atoms with Gasteiger partial charge >= 0.3 is 0 Å². The van der Waals surface area contributed by atoms with E-state index in [1.165, 1.54) is 25.3 Å². The lowest BCUT2D eigenvalue weighted by Crippen LogP contribution is -2.41. The van der Waals surface area contributed by atoms with Crippen molar-refractivity contribution >= 4 is 10.0 Å². The minimum Gasteiger partial charge on any atom is -0.299 e. The highest BCUT2D eigenvalue weighted by Gasteiger charge is 2.35. The fourth-order valence-corrected chi connectivity index (χ4v) is 4.92. The van der Waals surface area contributed by atoms with E-state index in [2.05, 4.69) is 4.90 Å². The number of sulfonamides is 1. The van der Waals surface area contributed by atoms with Gasteiger partial charge in [0.2, 0.25) is 10.0 Å². The number of nitrogens with zero attached hydrogens (tertiary/aromatic N) is 3. The Labute approximate surface area is 132 Å². The molecule has 2 aliphatic rings. The van der Waals surface area contributed by atoms with E-state index in [0.29, 0.717) is 24.7 Å². The molecule has 22 heavy (non-hydrogen) atoms. The van der Waals surface area contributed by atoms with Gasteiger partial charge in [-0.3, -0.25) is 4.90 Å². The van der Waals surface area contributed by atoms with Crippen molar-refractivity contribution in [2.75, 3.05) is 26.2 Å². The van der Waals surface area contributed by atoms with Crippen LogP contribution in [0.1, 0.15) is 31.2 Å². The summed E-state index contributed by atoms with van der Waals surface area (Å²) in [7, 11) is -3.49. The maximum atomic E-state index is 12.7. The average molecular weight is 319 g/mol. The first-order valence-corrected chi connectivity index (χ1v) is 9.29. The Morgan fingerprint density at radius 2 is 1.91 bits per heavy atom. The van der Waals surface area contributed by atoms with Gasteiger partial charge in [-0.25, -0.2) is 8.42 Å². The first-order chi connectivity index (χ1) is 10.6. The average Bonchev–Trinajstić information content (AvgIpc) is 3.06. The first-order valence-electron chi connectivity index (χ1n) is 7.85. The van der Waals surface area contributed by atoms with Gasteiger partial charge in [-0.2, -0.15) is 9.57 Å². The van der Waals surface area contributed by atoms with Crippen molar-refractivity contribution in [3.8, 4) is 6.07 Å². The lowest BCUT2D eigenvalue weighted by molar-refractivity contribution is 0.169. The second-order valence-corrected chi connectivity index (χ2v) is 7.98. The van der Waals surface area contributed by atoms with Crippen molar-refractivity contribution in [2.24, 2.45) is 0 Å². The van der Waals surface area contributed by atoms with Crippen molar-refractivity contribution in [1.82, 2.24) is 9.21 Å². The van der Waals surface area contributed by atoms with Crippen LogP contribution in [0.2, 0.25) is 0 Å². The summed E-state index contributed by atoms with van der Waals surface area (Å²) in [4.78, 5) is 2.66. The molecule has 1 aromatic rings. The Bertz CT molecular complexity index is 675. The fraction of sp³-hybridized carbons (Fsp3) is 0.562. The van der Waals surface area contributed by atoms with Gasteiger partial charge in [-0.15, -0.1) is 0 Å². The van der Waals surface area contributed by atoms with Crippen LogP contribution in [0.4, 0.5) is 0 Å². The van der Waals surface area contributed by atoms with E-state index in [4.69, 9.17) is 5.26 Å². The summed E-state index contributed by atoms with van der Waals surface area (Å²) in [5.41, 5.74) is 0.382. The number of nitriles is 1. The molecule has 0 bridgehead atoms. The highest BCUT2D eigenvalue weighted by atomic mass is 32.2. The Kier molecular flexibility index (Phi) is 4.48. The summed E-state index contributed by atoms with van der Waals surface area (Å²) in [5.74, 6) is 0. The Morgan fingerprint density at radius 3 is 2.64 bits per heavy atom. The zero-order valence-electron chi connectivity index (χ0n) is 12.6. The Hall–Kier alpha value is -1.42. The van der Waals surface area contributed by atoms with Gasteiger partial charge in [0.1, 0.15) is 0 Å². The molecule has 0 aliphatic carbocycles. The minimum absolute atomic E-state index is 0.228. The number of hydrogen-bond acceptors (Lipinski definition) is 4. The molecule has 0 aromatic heterocycles.